The number of nitrogens with one attached hydrogen (secondary N) is 1. The molecular formula is C11H15ClFNO. The smallest absolute Gasteiger partial charge is 0.129 e. The predicted octanol–water partition coefficient (Wildman–Crippen LogP) is 2.78. The summed E-state index contributed by atoms with van der Waals surface area (Å²) in [6.45, 7) is 0.591. The maximum absolute atomic E-state index is 13.5. The minimum absolute atomic E-state index is 0.0396. The first-order valence-electron chi connectivity index (χ1n) is 4.80. The van der Waals surface area contributed by atoms with Crippen molar-refractivity contribution in [3.05, 3.63) is 34.6 Å². The molecule has 0 heterocycles. The zero-order valence-corrected chi connectivity index (χ0v) is 9.64. The van der Waals surface area contributed by atoms with Crippen LogP contribution in [-0.2, 0) is 4.74 Å². The van der Waals surface area contributed by atoms with Gasteiger partial charge < -0.3 is 10.1 Å². The molecule has 2 nitrogen and oxygen atoms in total. The van der Waals surface area contributed by atoms with Gasteiger partial charge in [0, 0.05) is 30.3 Å². The number of methoxy groups -OCH3 is 1. The first kappa shape index (κ1) is 12.4. The van der Waals surface area contributed by atoms with Crippen molar-refractivity contribution >= 4 is 11.6 Å². The van der Waals surface area contributed by atoms with Gasteiger partial charge in [-0.3, -0.25) is 0 Å². The van der Waals surface area contributed by atoms with Crippen LogP contribution < -0.4 is 5.32 Å². The zero-order chi connectivity index (χ0) is 11.3. The Kier molecular flexibility index (Phi) is 5.02. The van der Waals surface area contributed by atoms with Gasteiger partial charge in [-0.05, 0) is 25.6 Å². The standard InChI is InChI=1S/C11H15ClFNO/c1-14-11(5-6-15-2)9-4-3-8(12)7-10(9)13/h3-4,7,11,14H,5-6H2,1-2H3. The van der Waals surface area contributed by atoms with E-state index < -0.39 is 0 Å². The third kappa shape index (κ3) is 3.45. The highest BCUT2D eigenvalue weighted by Gasteiger charge is 2.13. The van der Waals surface area contributed by atoms with E-state index in [1.807, 2.05) is 0 Å². The molecule has 0 fully saturated rings. The van der Waals surface area contributed by atoms with Crippen molar-refractivity contribution < 1.29 is 9.13 Å². The van der Waals surface area contributed by atoms with Crippen LogP contribution in [0.15, 0.2) is 18.2 Å². The zero-order valence-electron chi connectivity index (χ0n) is 8.89. The molecule has 15 heavy (non-hydrogen) atoms. The SMILES string of the molecule is CNC(CCOC)c1ccc(Cl)cc1F. The van der Waals surface area contributed by atoms with E-state index in [4.69, 9.17) is 16.3 Å². The molecular weight excluding hydrogens is 217 g/mol. The van der Waals surface area contributed by atoms with E-state index in [0.29, 0.717) is 17.2 Å². The summed E-state index contributed by atoms with van der Waals surface area (Å²) in [5, 5.41) is 3.47. The molecule has 1 rings (SSSR count). The van der Waals surface area contributed by atoms with E-state index in [1.54, 1.807) is 26.3 Å². The second-order valence-corrected chi connectivity index (χ2v) is 3.73. The predicted molar refractivity (Wildman–Crippen MR) is 59.7 cm³/mol. The Morgan fingerprint density at radius 3 is 2.80 bits per heavy atom. The lowest BCUT2D eigenvalue weighted by molar-refractivity contribution is 0.183. The number of ether oxygens (including phenoxy) is 1. The highest BCUT2D eigenvalue weighted by molar-refractivity contribution is 6.30. The molecule has 0 saturated carbocycles. The summed E-state index contributed by atoms with van der Waals surface area (Å²) in [5.41, 5.74) is 0.624. The van der Waals surface area contributed by atoms with Gasteiger partial charge in [-0.25, -0.2) is 4.39 Å². The molecule has 1 atom stereocenters. The van der Waals surface area contributed by atoms with Gasteiger partial charge in [0.25, 0.3) is 0 Å². The number of halogens is 2. The van der Waals surface area contributed by atoms with Crippen LogP contribution in [0, 0.1) is 5.82 Å². The van der Waals surface area contributed by atoms with E-state index in [0.717, 1.165) is 6.42 Å². The minimum Gasteiger partial charge on any atom is -0.385 e. The number of rotatable bonds is 5. The number of benzene rings is 1. The second kappa shape index (κ2) is 6.05. The summed E-state index contributed by atoms with van der Waals surface area (Å²) in [7, 11) is 3.43. The Morgan fingerprint density at radius 2 is 2.27 bits per heavy atom. The van der Waals surface area contributed by atoms with Crippen molar-refractivity contribution in [1.29, 1.82) is 0 Å². The van der Waals surface area contributed by atoms with Gasteiger partial charge >= 0.3 is 0 Å². The van der Waals surface area contributed by atoms with E-state index in [1.165, 1.54) is 6.07 Å². The molecule has 4 heteroatoms. The van der Waals surface area contributed by atoms with Crippen LogP contribution in [0.5, 0.6) is 0 Å². The Labute approximate surface area is 94.4 Å². The first-order valence-corrected chi connectivity index (χ1v) is 5.18. The van der Waals surface area contributed by atoms with Crippen molar-refractivity contribution in [3.8, 4) is 0 Å². The highest BCUT2D eigenvalue weighted by Crippen LogP contribution is 2.22. The van der Waals surface area contributed by atoms with Gasteiger partial charge in [-0.1, -0.05) is 17.7 Å². The fraction of sp³-hybridized carbons (Fsp3) is 0.455. The normalized spacial score (nSPS) is 12.8. The lowest BCUT2D eigenvalue weighted by atomic mass is 10.0. The number of hydrogen-bond acceptors (Lipinski definition) is 2. The van der Waals surface area contributed by atoms with Gasteiger partial charge in [0.15, 0.2) is 0 Å². The summed E-state index contributed by atoms with van der Waals surface area (Å²) in [6, 6.07) is 4.68. The van der Waals surface area contributed by atoms with Crippen LogP contribution in [-0.4, -0.2) is 20.8 Å². The summed E-state index contributed by atoms with van der Waals surface area (Å²) < 4.78 is 18.5. The Morgan fingerprint density at radius 1 is 1.53 bits per heavy atom. The van der Waals surface area contributed by atoms with Crippen molar-refractivity contribution in [2.24, 2.45) is 0 Å². The highest BCUT2D eigenvalue weighted by atomic mass is 35.5. The van der Waals surface area contributed by atoms with Crippen LogP contribution in [0.25, 0.3) is 0 Å². The molecule has 1 aromatic carbocycles. The van der Waals surface area contributed by atoms with Crippen molar-refractivity contribution in [2.75, 3.05) is 20.8 Å². The quantitative estimate of drug-likeness (QED) is 0.842. The van der Waals surface area contributed by atoms with Crippen LogP contribution >= 0.6 is 11.6 Å². The average Bonchev–Trinajstić information content (AvgIpc) is 2.21. The van der Waals surface area contributed by atoms with Gasteiger partial charge in [0.1, 0.15) is 5.82 Å². The van der Waals surface area contributed by atoms with Crippen molar-refractivity contribution in [1.82, 2.24) is 5.32 Å². The summed E-state index contributed by atoms with van der Waals surface area (Å²) in [4.78, 5) is 0. The van der Waals surface area contributed by atoms with Crippen molar-refractivity contribution in [2.45, 2.75) is 12.5 Å². The second-order valence-electron chi connectivity index (χ2n) is 3.29. The third-order valence-electron chi connectivity index (χ3n) is 2.30. The minimum atomic E-state index is -0.280. The lowest BCUT2D eigenvalue weighted by Gasteiger charge is -2.16. The van der Waals surface area contributed by atoms with Crippen LogP contribution in [0.4, 0.5) is 4.39 Å². The van der Waals surface area contributed by atoms with E-state index in [-0.39, 0.29) is 11.9 Å². The van der Waals surface area contributed by atoms with Gasteiger partial charge in [-0.2, -0.15) is 0 Å². The first-order chi connectivity index (χ1) is 7.19. The monoisotopic (exact) mass is 231 g/mol. The summed E-state index contributed by atoms with van der Waals surface area (Å²) >= 11 is 5.68. The third-order valence-corrected chi connectivity index (χ3v) is 2.53. The Bertz CT molecular complexity index is 319. The molecule has 0 radical (unpaired) electrons. The summed E-state index contributed by atoms with van der Waals surface area (Å²) in [6.07, 6.45) is 0.728. The molecule has 1 aromatic rings. The van der Waals surface area contributed by atoms with E-state index in [2.05, 4.69) is 5.32 Å². The largest absolute Gasteiger partial charge is 0.385 e. The van der Waals surface area contributed by atoms with Crippen molar-refractivity contribution in [3.63, 3.8) is 0 Å². The summed E-state index contributed by atoms with van der Waals surface area (Å²) in [5.74, 6) is -0.280. The van der Waals surface area contributed by atoms with Crippen LogP contribution in [0.3, 0.4) is 0 Å². The molecule has 0 bridgehead atoms. The molecule has 0 aliphatic rings. The molecule has 84 valence electrons. The molecule has 1 N–H and O–H groups in total. The fourth-order valence-corrected chi connectivity index (χ4v) is 1.63. The molecule has 0 aliphatic heterocycles. The fourth-order valence-electron chi connectivity index (χ4n) is 1.48. The molecule has 0 aromatic heterocycles. The molecule has 0 spiro atoms. The van der Waals surface area contributed by atoms with Gasteiger partial charge in [-0.15, -0.1) is 0 Å². The van der Waals surface area contributed by atoms with Gasteiger partial charge in [0.05, 0.1) is 0 Å². The van der Waals surface area contributed by atoms with E-state index >= 15 is 0 Å². The molecule has 1 unspecified atom stereocenters. The van der Waals surface area contributed by atoms with Crippen LogP contribution in [0.2, 0.25) is 5.02 Å². The maximum atomic E-state index is 13.5. The Balaban J connectivity index is 2.81. The Hall–Kier alpha value is -0.640. The number of hydrogen-bond donors (Lipinski definition) is 1. The molecule has 0 saturated heterocycles. The van der Waals surface area contributed by atoms with Crippen LogP contribution in [0.1, 0.15) is 18.0 Å². The molecule has 0 aliphatic carbocycles. The average molecular weight is 232 g/mol. The van der Waals surface area contributed by atoms with E-state index in [9.17, 15) is 4.39 Å². The molecule has 0 amide bonds. The topological polar surface area (TPSA) is 21.3 Å². The maximum Gasteiger partial charge on any atom is 0.129 e. The lowest BCUT2D eigenvalue weighted by Crippen LogP contribution is -2.19. The van der Waals surface area contributed by atoms with Gasteiger partial charge in [0.2, 0.25) is 0 Å².